The molecule has 4 nitrogen and oxygen atoms in total. The van der Waals surface area contributed by atoms with Crippen molar-refractivity contribution >= 4 is 6.09 Å². The Morgan fingerprint density at radius 1 is 1.50 bits per heavy atom. The largest absolute Gasteiger partial charge is 0.444 e. The molecule has 94 valence electrons. The molecule has 1 saturated heterocycles. The van der Waals surface area contributed by atoms with E-state index in [4.69, 9.17) is 4.74 Å². The number of carbonyl (C=O) groups excluding carboxylic acids is 1. The van der Waals surface area contributed by atoms with E-state index in [1.807, 2.05) is 20.8 Å². The van der Waals surface area contributed by atoms with Crippen molar-refractivity contribution < 1.29 is 9.53 Å². The van der Waals surface area contributed by atoms with Crippen LogP contribution in [0, 0.1) is 0 Å². The molecule has 0 aliphatic carbocycles. The number of likely N-dealkylation sites (N-methyl/N-ethyl adjacent to an activating group) is 1. The van der Waals surface area contributed by atoms with Crippen molar-refractivity contribution in [3.63, 3.8) is 0 Å². The maximum Gasteiger partial charge on any atom is 0.407 e. The molecular weight excluding hydrogens is 204 g/mol. The van der Waals surface area contributed by atoms with E-state index in [-0.39, 0.29) is 6.09 Å². The van der Waals surface area contributed by atoms with E-state index in [0.717, 1.165) is 13.1 Å². The molecule has 0 radical (unpaired) electrons. The minimum atomic E-state index is -0.412. The smallest absolute Gasteiger partial charge is 0.407 e. The maximum atomic E-state index is 11.5. The Morgan fingerprint density at radius 3 is 2.75 bits per heavy atom. The predicted molar refractivity (Wildman–Crippen MR) is 64.5 cm³/mol. The zero-order chi connectivity index (χ0) is 12.2. The van der Waals surface area contributed by atoms with Crippen molar-refractivity contribution in [1.82, 2.24) is 10.2 Å². The zero-order valence-corrected chi connectivity index (χ0v) is 10.9. The Bertz CT molecular complexity index is 236. The molecule has 0 bridgehead atoms. The Kier molecular flexibility index (Phi) is 4.59. The van der Waals surface area contributed by atoms with E-state index in [2.05, 4.69) is 17.1 Å². The highest BCUT2D eigenvalue weighted by molar-refractivity contribution is 5.67. The number of ether oxygens (including phenoxy) is 1. The fraction of sp³-hybridized carbons (Fsp3) is 0.917. The summed E-state index contributed by atoms with van der Waals surface area (Å²) in [5.41, 5.74) is -0.412. The molecule has 0 saturated carbocycles. The molecule has 1 amide bonds. The van der Waals surface area contributed by atoms with Crippen molar-refractivity contribution in [2.75, 3.05) is 19.6 Å². The zero-order valence-electron chi connectivity index (χ0n) is 10.9. The van der Waals surface area contributed by atoms with Crippen LogP contribution in [0.25, 0.3) is 0 Å². The van der Waals surface area contributed by atoms with E-state index in [0.29, 0.717) is 12.6 Å². The van der Waals surface area contributed by atoms with Crippen LogP contribution in [0.3, 0.4) is 0 Å². The van der Waals surface area contributed by atoms with Crippen LogP contribution >= 0.6 is 0 Å². The summed E-state index contributed by atoms with van der Waals surface area (Å²) in [6.45, 7) is 10.7. The number of alkyl carbamates (subject to hydrolysis) is 1. The number of nitrogens with one attached hydrogen (secondary N) is 1. The number of hydrogen-bond acceptors (Lipinski definition) is 3. The first-order valence-electron chi connectivity index (χ1n) is 6.13. The third-order valence-electron chi connectivity index (χ3n) is 2.79. The van der Waals surface area contributed by atoms with Crippen LogP contribution in [-0.4, -0.2) is 42.3 Å². The number of hydrogen-bond donors (Lipinski definition) is 1. The standard InChI is InChI=1S/C12H24N2O2/c1-5-14-8-6-7-10(14)9-13-11(15)16-12(2,3)4/h10H,5-9H2,1-4H3,(H,13,15)/t10-/m0/s1. The molecule has 16 heavy (non-hydrogen) atoms. The van der Waals surface area contributed by atoms with Crippen molar-refractivity contribution in [2.24, 2.45) is 0 Å². The van der Waals surface area contributed by atoms with Crippen LogP contribution in [0.2, 0.25) is 0 Å². The summed E-state index contributed by atoms with van der Waals surface area (Å²) in [6, 6.07) is 0.484. The highest BCUT2D eigenvalue weighted by Crippen LogP contribution is 2.15. The normalized spacial score (nSPS) is 22.1. The van der Waals surface area contributed by atoms with Gasteiger partial charge < -0.3 is 10.1 Å². The molecule has 0 spiro atoms. The van der Waals surface area contributed by atoms with Crippen molar-refractivity contribution in [2.45, 2.75) is 52.2 Å². The Morgan fingerprint density at radius 2 is 2.19 bits per heavy atom. The van der Waals surface area contributed by atoms with Crippen molar-refractivity contribution in [3.05, 3.63) is 0 Å². The van der Waals surface area contributed by atoms with Crippen LogP contribution in [0.1, 0.15) is 40.5 Å². The van der Waals surface area contributed by atoms with Crippen LogP contribution < -0.4 is 5.32 Å². The second kappa shape index (κ2) is 5.53. The summed E-state index contributed by atoms with van der Waals surface area (Å²) in [7, 11) is 0. The summed E-state index contributed by atoms with van der Waals surface area (Å²) in [5, 5.41) is 2.84. The molecule has 0 aromatic heterocycles. The minimum absolute atomic E-state index is 0.310. The topological polar surface area (TPSA) is 41.6 Å². The monoisotopic (exact) mass is 228 g/mol. The van der Waals surface area contributed by atoms with Gasteiger partial charge in [0, 0.05) is 12.6 Å². The van der Waals surface area contributed by atoms with Gasteiger partial charge in [-0.15, -0.1) is 0 Å². The van der Waals surface area contributed by atoms with Gasteiger partial charge in [-0.1, -0.05) is 6.92 Å². The second-order valence-electron chi connectivity index (χ2n) is 5.31. The lowest BCUT2D eigenvalue weighted by atomic mass is 10.2. The van der Waals surface area contributed by atoms with Gasteiger partial charge in [-0.25, -0.2) is 4.79 Å². The summed E-state index contributed by atoms with van der Waals surface area (Å²) in [4.78, 5) is 13.9. The molecule has 1 aliphatic rings. The third kappa shape index (κ3) is 4.39. The molecule has 1 N–H and O–H groups in total. The lowest BCUT2D eigenvalue weighted by Gasteiger charge is -2.24. The number of carbonyl (C=O) groups is 1. The third-order valence-corrected chi connectivity index (χ3v) is 2.79. The van der Waals surface area contributed by atoms with E-state index in [1.165, 1.54) is 12.8 Å². The molecule has 0 aromatic carbocycles. The van der Waals surface area contributed by atoms with E-state index in [9.17, 15) is 4.79 Å². The van der Waals surface area contributed by atoms with Gasteiger partial charge in [0.15, 0.2) is 0 Å². The molecule has 1 aliphatic heterocycles. The lowest BCUT2D eigenvalue weighted by Crippen LogP contribution is -2.41. The van der Waals surface area contributed by atoms with Gasteiger partial charge in [0.2, 0.25) is 0 Å². The molecule has 0 unspecified atom stereocenters. The molecule has 1 heterocycles. The Balaban J connectivity index is 2.26. The average molecular weight is 228 g/mol. The summed E-state index contributed by atoms with van der Waals surface area (Å²) in [6.07, 6.45) is 2.09. The van der Waals surface area contributed by atoms with Crippen LogP contribution in [0.5, 0.6) is 0 Å². The lowest BCUT2D eigenvalue weighted by molar-refractivity contribution is 0.0514. The van der Waals surface area contributed by atoms with Crippen LogP contribution in [0.15, 0.2) is 0 Å². The highest BCUT2D eigenvalue weighted by Gasteiger charge is 2.24. The fourth-order valence-electron chi connectivity index (χ4n) is 2.06. The van der Waals surface area contributed by atoms with Crippen LogP contribution in [-0.2, 0) is 4.74 Å². The number of amides is 1. The minimum Gasteiger partial charge on any atom is -0.444 e. The maximum absolute atomic E-state index is 11.5. The van der Waals surface area contributed by atoms with Gasteiger partial charge >= 0.3 is 6.09 Å². The van der Waals surface area contributed by atoms with Gasteiger partial charge in [0.1, 0.15) is 5.60 Å². The van der Waals surface area contributed by atoms with E-state index in [1.54, 1.807) is 0 Å². The Hall–Kier alpha value is -0.770. The van der Waals surface area contributed by atoms with E-state index < -0.39 is 5.60 Å². The molecule has 1 fully saturated rings. The van der Waals surface area contributed by atoms with E-state index >= 15 is 0 Å². The van der Waals surface area contributed by atoms with Crippen molar-refractivity contribution in [3.8, 4) is 0 Å². The van der Waals surface area contributed by atoms with Gasteiger partial charge in [-0.3, -0.25) is 4.90 Å². The molecule has 4 heteroatoms. The number of rotatable bonds is 3. The Labute approximate surface area is 98.3 Å². The quantitative estimate of drug-likeness (QED) is 0.803. The van der Waals surface area contributed by atoms with Gasteiger partial charge in [-0.05, 0) is 46.7 Å². The number of nitrogens with zero attached hydrogens (tertiary/aromatic N) is 1. The summed E-state index contributed by atoms with van der Waals surface area (Å²) >= 11 is 0. The van der Waals surface area contributed by atoms with Crippen molar-refractivity contribution in [1.29, 1.82) is 0 Å². The van der Waals surface area contributed by atoms with Gasteiger partial charge in [0.05, 0.1) is 0 Å². The van der Waals surface area contributed by atoms with Gasteiger partial charge in [0.25, 0.3) is 0 Å². The first-order chi connectivity index (χ1) is 7.42. The van der Waals surface area contributed by atoms with Gasteiger partial charge in [-0.2, -0.15) is 0 Å². The highest BCUT2D eigenvalue weighted by atomic mass is 16.6. The number of likely N-dealkylation sites (tertiary alicyclic amines) is 1. The SMILES string of the molecule is CCN1CCC[C@H]1CNC(=O)OC(C)(C)C. The molecule has 1 rings (SSSR count). The molecular formula is C12H24N2O2. The second-order valence-corrected chi connectivity index (χ2v) is 5.31. The molecule has 0 aromatic rings. The average Bonchev–Trinajstić information content (AvgIpc) is 2.59. The first-order valence-corrected chi connectivity index (χ1v) is 6.13. The molecule has 1 atom stereocenters. The summed E-state index contributed by atoms with van der Waals surface area (Å²) < 4.78 is 5.20. The predicted octanol–water partition coefficient (Wildman–Crippen LogP) is 2.00. The first kappa shape index (κ1) is 13.3. The van der Waals surface area contributed by atoms with Crippen LogP contribution in [0.4, 0.5) is 4.79 Å². The summed E-state index contributed by atoms with van der Waals surface area (Å²) in [5.74, 6) is 0. The fourth-order valence-corrected chi connectivity index (χ4v) is 2.06.